The predicted molar refractivity (Wildman–Crippen MR) is 51.0 cm³/mol. The first-order chi connectivity index (χ1) is 6.35. The number of methoxy groups -OCH3 is 1. The van der Waals surface area contributed by atoms with Crippen LogP contribution in [0.3, 0.4) is 0 Å². The third-order valence-electron chi connectivity index (χ3n) is 1.59. The van der Waals surface area contributed by atoms with Crippen LogP contribution in [0, 0.1) is 11.3 Å². The number of nitriles is 1. The molecule has 0 saturated carbocycles. The van der Waals surface area contributed by atoms with Gasteiger partial charge in [0.05, 0.1) is 12.7 Å². The zero-order valence-corrected chi connectivity index (χ0v) is 8.38. The maximum Gasteiger partial charge on any atom is 0.146 e. The molecule has 3 nitrogen and oxygen atoms in total. The Bertz CT molecular complexity index is 182. The molecule has 0 aromatic heterocycles. The molecule has 0 bridgehead atoms. The number of unbranched alkanes of at least 4 members (excludes halogenated alkanes) is 1. The van der Waals surface area contributed by atoms with Gasteiger partial charge in [-0.1, -0.05) is 13.3 Å². The van der Waals surface area contributed by atoms with Crippen molar-refractivity contribution < 1.29 is 9.47 Å². The summed E-state index contributed by atoms with van der Waals surface area (Å²) in [6, 6.07) is 2.15. The fourth-order valence-electron chi connectivity index (χ4n) is 0.862. The van der Waals surface area contributed by atoms with Crippen molar-refractivity contribution in [3.05, 3.63) is 11.6 Å². The Labute approximate surface area is 80.0 Å². The lowest BCUT2D eigenvalue weighted by atomic mass is 10.1. The van der Waals surface area contributed by atoms with Crippen molar-refractivity contribution in [2.24, 2.45) is 0 Å². The number of ether oxygens (including phenoxy) is 2. The van der Waals surface area contributed by atoms with Crippen LogP contribution in [-0.4, -0.2) is 20.5 Å². The molecule has 0 aromatic carbocycles. The molecule has 0 saturated heterocycles. The van der Waals surface area contributed by atoms with Crippen LogP contribution in [0.4, 0.5) is 0 Å². The second-order valence-electron chi connectivity index (χ2n) is 2.72. The van der Waals surface area contributed by atoms with Gasteiger partial charge in [-0.25, -0.2) is 0 Å². The number of hydrogen-bond donors (Lipinski definition) is 0. The first kappa shape index (κ1) is 12.2. The highest BCUT2D eigenvalue weighted by molar-refractivity contribution is 5.20. The van der Waals surface area contributed by atoms with Gasteiger partial charge in [0.2, 0.25) is 0 Å². The van der Waals surface area contributed by atoms with Gasteiger partial charge in [-0.15, -0.1) is 0 Å². The van der Waals surface area contributed by atoms with E-state index in [0.29, 0.717) is 6.61 Å². The van der Waals surface area contributed by atoms with Gasteiger partial charge in [-0.05, 0) is 18.9 Å². The minimum absolute atomic E-state index is 0.281. The average molecular weight is 183 g/mol. The van der Waals surface area contributed by atoms with E-state index in [1.807, 2.05) is 6.08 Å². The lowest BCUT2D eigenvalue weighted by molar-refractivity contribution is -0.0187. The summed E-state index contributed by atoms with van der Waals surface area (Å²) in [5.41, 5.74) is 0.804. The van der Waals surface area contributed by atoms with E-state index in [9.17, 15) is 0 Å². The van der Waals surface area contributed by atoms with Crippen molar-refractivity contribution in [1.82, 2.24) is 0 Å². The third kappa shape index (κ3) is 7.51. The highest BCUT2D eigenvalue weighted by Crippen LogP contribution is 2.05. The van der Waals surface area contributed by atoms with Gasteiger partial charge in [0.1, 0.15) is 6.79 Å². The first-order valence-electron chi connectivity index (χ1n) is 4.51. The molecule has 0 amide bonds. The van der Waals surface area contributed by atoms with Crippen LogP contribution < -0.4 is 0 Å². The fourth-order valence-corrected chi connectivity index (χ4v) is 0.862. The Morgan fingerprint density at radius 1 is 1.54 bits per heavy atom. The van der Waals surface area contributed by atoms with E-state index in [4.69, 9.17) is 14.7 Å². The molecule has 0 unspecified atom stereocenters. The molecule has 0 fully saturated rings. The minimum Gasteiger partial charge on any atom is -0.359 e. The van der Waals surface area contributed by atoms with E-state index < -0.39 is 0 Å². The largest absolute Gasteiger partial charge is 0.359 e. The third-order valence-corrected chi connectivity index (χ3v) is 1.59. The second kappa shape index (κ2) is 9.24. The predicted octanol–water partition coefficient (Wildman–Crippen LogP) is 2.25. The van der Waals surface area contributed by atoms with Gasteiger partial charge in [0.15, 0.2) is 0 Å². The number of rotatable bonds is 7. The van der Waals surface area contributed by atoms with Crippen molar-refractivity contribution >= 4 is 0 Å². The smallest absolute Gasteiger partial charge is 0.146 e. The summed E-state index contributed by atoms with van der Waals surface area (Å²) in [5, 5.41) is 8.70. The molecule has 0 N–H and O–H groups in total. The van der Waals surface area contributed by atoms with Crippen molar-refractivity contribution in [3.63, 3.8) is 0 Å². The van der Waals surface area contributed by atoms with Crippen LogP contribution in [0.25, 0.3) is 0 Å². The molecule has 0 radical (unpaired) electrons. The summed E-state index contributed by atoms with van der Waals surface area (Å²) < 4.78 is 9.75. The van der Waals surface area contributed by atoms with Crippen molar-refractivity contribution in [1.29, 1.82) is 5.26 Å². The molecule has 0 spiro atoms. The topological polar surface area (TPSA) is 42.2 Å². The quantitative estimate of drug-likeness (QED) is 0.345. The van der Waals surface area contributed by atoms with Gasteiger partial charge >= 0.3 is 0 Å². The molecular weight excluding hydrogens is 166 g/mol. The van der Waals surface area contributed by atoms with Crippen LogP contribution in [-0.2, 0) is 9.47 Å². The summed E-state index contributed by atoms with van der Waals surface area (Å²) in [5.74, 6) is 0. The highest BCUT2D eigenvalue weighted by atomic mass is 16.7. The monoisotopic (exact) mass is 183 g/mol. The summed E-state index contributed by atoms with van der Waals surface area (Å²) in [6.45, 7) is 2.85. The maximum absolute atomic E-state index is 8.70. The Morgan fingerprint density at radius 2 is 2.31 bits per heavy atom. The molecule has 0 rings (SSSR count). The van der Waals surface area contributed by atoms with Gasteiger partial charge in [-0.2, -0.15) is 5.26 Å². The van der Waals surface area contributed by atoms with Crippen LogP contribution in [0.1, 0.15) is 26.2 Å². The summed E-state index contributed by atoms with van der Waals surface area (Å²) in [7, 11) is 1.58. The normalized spacial score (nSPS) is 11.3. The molecular formula is C10H17NO2. The molecule has 0 heterocycles. The number of nitrogens with zero attached hydrogens (tertiary/aromatic N) is 1. The van der Waals surface area contributed by atoms with Gasteiger partial charge in [0, 0.05) is 12.7 Å². The fraction of sp³-hybridized carbons (Fsp3) is 0.700. The van der Waals surface area contributed by atoms with Crippen molar-refractivity contribution in [2.45, 2.75) is 26.2 Å². The van der Waals surface area contributed by atoms with E-state index in [1.165, 1.54) is 0 Å². The van der Waals surface area contributed by atoms with Gasteiger partial charge in [-0.3, -0.25) is 0 Å². The SMILES string of the molecule is CCCC/C(C#N)=C\COCOC. The molecule has 0 aliphatic rings. The maximum atomic E-state index is 8.70. The van der Waals surface area contributed by atoms with Crippen LogP contribution in [0.5, 0.6) is 0 Å². The molecule has 0 aromatic rings. The van der Waals surface area contributed by atoms with E-state index in [0.717, 1.165) is 24.8 Å². The minimum atomic E-state index is 0.281. The van der Waals surface area contributed by atoms with Crippen LogP contribution >= 0.6 is 0 Å². The average Bonchev–Trinajstić information content (AvgIpc) is 2.17. The molecule has 0 aliphatic heterocycles. The van der Waals surface area contributed by atoms with Crippen LogP contribution in [0.15, 0.2) is 11.6 Å². The van der Waals surface area contributed by atoms with Crippen molar-refractivity contribution in [3.8, 4) is 6.07 Å². The lowest BCUT2D eigenvalue weighted by Crippen LogP contribution is -1.96. The standard InChI is InChI=1S/C10H17NO2/c1-3-4-5-10(8-11)6-7-13-9-12-2/h6H,3-5,7,9H2,1-2H3/b10-6+. The summed E-state index contributed by atoms with van der Waals surface area (Å²) in [6.07, 6.45) is 4.83. The van der Waals surface area contributed by atoms with Gasteiger partial charge in [0.25, 0.3) is 0 Å². The lowest BCUT2D eigenvalue weighted by Gasteiger charge is -1.99. The first-order valence-corrected chi connectivity index (χ1v) is 4.51. The van der Waals surface area contributed by atoms with Gasteiger partial charge < -0.3 is 9.47 Å². The molecule has 74 valence electrons. The Balaban J connectivity index is 3.60. The summed E-state index contributed by atoms with van der Waals surface area (Å²) >= 11 is 0. The Hall–Kier alpha value is -0.850. The van der Waals surface area contributed by atoms with Crippen LogP contribution in [0.2, 0.25) is 0 Å². The Kier molecular flexibility index (Phi) is 8.64. The van der Waals surface area contributed by atoms with E-state index >= 15 is 0 Å². The zero-order chi connectivity index (χ0) is 9.94. The second-order valence-corrected chi connectivity index (χ2v) is 2.72. The van der Waals surface area contributed by atoms with E-state index in [-0.39, 0.29) is 6.79 Å². The molecule has 0 atom stereocenters. The zero-order valence-electron chi connectivity index (χ0n) is 8.38. The Morgan fingerprint density at radius 3 is 2.85 bits per heavy atom. The number of allylic oxidation sites excluding steroid dienone is 1. The van der Waals surface area contributed by atoms with Crippen molar-refractivity contribution in [2.75, 3.05) is 20.5 Å². The molecule has 13 heavy (non-hydrogen) atoms. The molecule has 0 aliphatic carbocycles. The van der Waals surface area contributed by atoms with E-state index in [2.05, 4.69) is 13.0 Å². The number of hydrogen-bond acceptors (Lipinski definition) is 3. The summed E-state index contributed by atoms with van der Waals surface area (Å²) in [4.78, 5) is 0. The highest BCUT2D eigenvalue weighted by Gasteiger charge is 1.93. The molecule has 3 heteroatoms. The van der Waals surface area contributed by atoms with E-state index in [1.54, 1.807) is 7.11 Å².